The van der Waals surface area contributed by atoms with Gasteiger partial charge in [0.1, 0.15) is 10.5 Å². The van der Waals surface area contributed by atoms with E-state index in [9.17, 15) is 9.59 Å². The van der Waals surface area contributed by atoms with Crippen molar-refractivity contribution in [3.8, 4) is 0 Å². The largest absolute Gasteiger partial charge is 0.480 e. The number of nitrogens with one attached hydrogen (secondary N) is 1. The van der Waals surface area contributed by atoms with E-state index in [1.54, 1.807) is 6.92 Å². The number of carboxylic acid groups (broad SMARTS) is 1. The molecule has 1 aromatic rings. The minimum Gasteiger partial charge on any atom is -0.480 e. The molecule has 0 aromatic carbocycles. The van der Waals surface area contributed by atoms with Crippen LogP contribution < -0.4 is 5.32 Å². The zero-order chi connectivity index (χ0) is 14.6. The van der Waals surface area contributed by atoms with E-state index in [0.717, 1.165) is 11.4 Å². The molecule has 0 aliphatic rings. The third kappa shape index (κ3) is 3.40. The smallest absolute Gasteiger partial charge is 0.329 e. The van der Waals surface area contributed by atoms with E-state index < -0.39 is 17.5 Å². The van der Waals surface area contributed by atoms with Crippen LogP contribution >= 0.6 is 11.3 Å². The number of likely N-dealkylation sites (N-methyl/N-ethyl adjacent to an activating group) is 1. The van der Waals surface area contributed by atoms with Crippen molar-refractivity contribution < 1.29 is 14.7 Å². The van der Waals surface area contributed by atoms with Gasteiger partial charge in [0.15, 0.2) is 0 Å². The Morgan fingerprint density at radius 1 is 1.37 bits per heavy atom. The van der Waals surface area contributed by atoms with Crippen molar-refractivity contribution in [3.05, 3.63) is 5.01 Å². The maximum absolute atomic E-state index is 12.1. The Labute approximate surface area is 115 Å². The molecule has 0 fully saturated rings. The first kappa shape index (κ1) is 15.4. The molecule has 0 radical (unpaired) electrons. The van der Waals surface area contributed by atoms with E-state index in [1.165, 1.54) is 30.1 Å². The summed E-state index contributed by atoms with van der Waals surface area (Å²) < 4.78 is 0. The molecule has 0 unspecified atom stereocenters. The lowest BCUT2D eigenvalue weighted by atomic mass is 10.0. The molecule has 0 aliphatic carbocycles. The molecule has 0 bridgehead atoms. The van der Waals surface area contributed by atoms with Crippen molar-refractivity contribution in [2.75, 3.05) is 11.9 Å². The van der Waals surface area contributed by atoms with Crippen LogP contribution in [0.15, 0.2) is 0 Å². The minimum absolute atomic E-state index is 0.282. The lowest BCUT2D eigenvalue weighted by molar-refractivity contribution is -0.147. The summed E-state index contributed by atoms with van der Waals surface area (Å²) in [4.78, 5) is 24.5. The van der Waals surface area contributed by atoms with Gasteiger partial charge in [-0.1, -0.05) is 18.3 Å². The summed E-state index contributed by atoms with van der Waals surface area (Å²) >= 11 is 1.28. The van der Waals surface area contributed by atoms with Crippen molar-refractivity contribution in [2.24, 2.45) is 0 Å². The zero-order valence-corrected chi connectivity index (χ0v) is 12.2. The zero-order valence-electron chi connectivity index (χ0n) is 11.4. The molecular formula is C11H18N4O3S. The molecule has 1 heterocycles. The number of aromatic nitrogens is 2. The van der Waals surface area contributed by atoms with Gasteiger partial charge in [-0.05, 0) is 27.2 Å². The second-order valence-corrected chi connectivity index (χ2v) is 5.46. The Balaban J connectivity index is 2.82. The van der Waals surface area contributed by atoms with Crippen molar-refractivity contribution >= 4 is 28.5 Å². The number of rotatable bonds is 5. The predicted molar refractivity (Wildman–Crippen MR) is 72.4 cm³/mol. The van der Waals surface area contributed by atoms with Crippen LogP contribution in [0.4, 0.5) is 9.93 Å². The second kappa shape index (κ2) is 5.96. The van der Waals surface area contributed by atoms with Gasteiger partial charge in [-0.15, -0.1) is 10.2 Å². The molecule has 19 heavy (non-hydrogen) atoms. The molecule has 8 heteroatoms. The number of carbonyl (C=O) groups excluding carboxylic acids is 1. The van der Waals surface area contributed by atoms with E-state index in [-0.39, 0.29) is 6.54 Å². The SMILES string of the molecule is CCc1nnc(NC(=O)N(CC)C(C)(C)C(=O)O)s1. The first-order valence-electron chi connectivity index (χ1n) is 5.97. The van der Waals surface area contributed by atoms with Gasteiger partial charge >= 0.3 is 12.0 Å². The van der Waals surface area contributed by atoms with Gasteiger partial charge in [0.25, 0.3) is 0 Å². The fourth-order valence-corrected chi connectivity index (χ4v) is 2.18. The van der Waals surface area contributed by atoms with Crippen molar-refractivity contribution in [1.82, 2.24) is 15.1 Å². The van der Waals surface area contributed by atoms with Gasteiger partial charge in [0.2, 0.25) is 5.13 Å². The minimum atomic E-state index is -1.28. The van der Waals surface area contributed by atoms with Crippen LogP contribution in [0.25, 0.3) is 0 Å². The highest BCUT2D eigenvalue weighted by atomic mass is 32.1. The Hall–Kier alpha value is -1.70. The van der Waals surface area contributed by atoms with Crippen molar-refractivity contribution in [3.63, 3.8) is 0 Å². The number of aryl methyl sites for hydroxylation is 1. The van der Waals surface area contributed by atoms with Crippen molar-refractivity contribution in [2.45, 2.75) is 39.7 Å². The number of aliphatic carboxylic acids is 1. The topological polar surface area (TPSA) is 95.4 Å². The summed E-state index contributed by atoms with van der Waals surface area (Å²) in [6.45, 7) is 6.91. The Kier molecular flexibility index (Phi) is 4.82. The summed E-state index contributed by atoms with van der Waals surface area (Å²) in [6.07, 6.45) is 0.742. The molecule has 0 saturated heterocycles. The van der Waals surface area contributed by atoms with E-state index in [1.807, 2.05) is 6.92 Å². The van der Waals surface area contributed by atoms with Crippen LogP contribution in [-0.2, 0) is 11.2 Å². The number of carboxylic acids is 1. The first-order valence-corrected chi connectivity index (χ1v) is 6.79. The third-order valence-electron chi connectivity index (χ3n) is 2.74. The molecule has 1 rings (SSSR count). The number of urea groups is 1. The van der Waals surface area contributed by atoms with Crippen molar-refractivity contribution in [1.29, 1.82) is 0 Å². The van der Waals surface area contributed by atoms with Gasteiger partial charge in [-0.2, -0.15) is 0 Å². The van der Waals surface area contributed by atoms with Crippen LogP contribution in [0.3, 0.4) is 0 Å². The monoisotopic (exact) mass is 286 g/mol. The maximum Gasteiger partial charge on any atom is 0.329 e. The van der Waals surface area contributed by atoms with Crippen LogP contribution in [0, 0.1) is 0 Å². The molecule has 1 aromatic heterocycles. The van der Waals surface area contributed by atoms with Gasteiger partial charge in [0, 0.05) is 6.54 Å². The van der Waals surface area contributed by atoms with Crippen LogP contribution in [0.5, 0.6) is 0 Å². The summed E-state index contributed by atoms with van der Waals surface area (Å²) in [5.41, 5.74) is -1.28. The van der Waals surface area contributed by atoms with Gasteiger partial charge in [-0.25, -0.2) is 9.59 Å². The molecule has 0 spiro atoms. The Morgan fingerprint density at radius 2 is 2.00 bits per heavy atom. The van der Waals surface area contributed by atoms with Crippen LogP contribution in [0.2, 0.25) is 0 Å². The second-order valence-electron chi connectivity index (χ2n) is 4.39. The van der Waals surface area contributed by atoms with Crippen LogP contribution in [0.1, 0.15) is 32.7 Å². The highest BCUT2D eigenvalue weighted by Crippen LogP contribution is 2.19. The molecule has 0 saturated carbocycles. The lowest BCUT2D eigenvalue weighted by Crippen LogP contribution is -2.54. The maximum atomic E-state index is 12.1. The number of hydrogen-bond donors (Lipinski definition) is 2. The van der Waals surface area contributed by atoms with E-state index in [4.69, 9.17) is 5.11 Å². The molecule has 2 amide bonds. The summed E-state index contributed by atoms with van der Waals surface area (Å²) in [5, 5.41) is 20.6. The summed E-state index contributed by atoms with van der Waals surface area (Å²) in [5.74, 6) is -1.06. The van der Waals surface area contributed by atoms with Gasteiger partial charge < -0.3 is 10.0 Å². The number of anilines is 1. The van der Waals surface area contributed by atoms with Gasteiger partial charge in [0.05, 0.1) is 0 Å². The molecule has 0 atom stereocenters. The standard InChI is InChI=1S/C11H18N4O3S/c1-5-7-13-14-9(19-7)12-10(18)15(6-2)11(3,4)8(16)17/h5-6H2,1-4H3,(H,16,17)(H,12,14,18). The summed E-state index contributed by atoms with van der Waals surface area (Å²) in [6, 6.07) is -0.492. The normalized spacial score (nSPS) is 11.2. The highest BCUT2D eigenvalue weighted by Gasteiger charge is 2.37. The third-order valence-corrected chi connectivity index (χ3v) is 3.73. The van der Waals surface area contributed by atoms with Crippen LogP contribution in [-0.4, -0.2) is 44.3 Å². The predicted octanol–water partition coefficient (Wildman–Crippen LogP) is 1.82. The highest BCUT2D eigenvalue weighted by molar-refractivity contribution is 7.15. The van der Waals surface area contributed by atoms with E-state index in [0.29, 0.717) is 5.13 Å². The molecule has 0 aliphatic heterocycles. The average Bonchev–Trinajstić information content (AvgIpc) is 2.76. The fraction of sp³-hybridized carbons (Fsp3) is 0.636. The molecular weight excluding hydrogens is 268 g/mol. The molecule has 2 N–H and O–H groups in total. The Morgan fingerprint density at radius 3 is 2.42 bits per heavy atom. The fourth-order valence-electron chi connectivity index (χ4n) is 1.51. The number of hydrogen-bond acceptors (Lipinski definition) is 5. The molecule has 7 nitrogen and oxygen atoms in total. The number of amides is 2. The average molecular weight is 286 g/mol. The first-order chi connectivity index (χ1) is 8.82. The number of carbonyl (C=O) groups is 2. The number of nitrogens with zero attached hydrogens (tertiary/aromatic N) is 3. The van der Waals surface area contributed by atoms with E-state index in [2.05, 4.69) is 15.5 Å². The Bertz CT molecular complexity index is 472. The summed E-state index contributed by atoms with van der Waals surface area (Å²) in [7, 11) is 0. The quantitative estimate of drug-likeness (QED) is 0.860. The van der Waals surface area contributed by atoms with E-state index >= 15 is 0 Å². The van der Waals surface area contributed by atoms with Gasteiger partial charge in [-0.3, -0.25) is 5.32 Å². The lowest BCUT2D eigenvalue weighted by Gasteiger charge is -2.33. The molecule has 106 valence electrons.